The Morgan fingerprint density at radius 3 is 2.53 bits per heavy atom. The summed E-state index contributed by atoms with van der Waals surface area (Å²) < 4.78 is 10.7. The molecule has 0 saturated carbocycles. The van der Waals surface area contributed by atoms with Crippen LogP contribution in [0.2, 0.25) is 0 Å². The number of ether oxygens (including phenoxy) is 2. The molecule has 2 heteroatoms. The van der Waals surface area contributed by atoms with Crippen molar-refractivity contribution in [2.45, 2.75) is 26.1 Å². The predicted molar refractivity (Wildman–Crippen MR) is 62.1 cm³/mol. The van der Waals surface area contributed by atoms with Gasteiger partial charge in [-0.25, -0.2) is 0 Å². The molecule has 0 aliphatic rings. The fourth-order valence-corrected chi connectivity index (χ4v) is 1.26. The fourth-order valence-electron chi connectivity index (χ4n) is 1.26. The lowest BCUT2D eigenvalue weighted by atomic mass is 10.2. The fraction of sp³-hybridized carbons (Fsp3) is 0.385. The second-order valence-electron chi connectivity index (χ2n) is 3.49. The third kappa shape index (κ3) is 4.17. The number of hydrogen-bond acceptors (Lipinski definition) is 2. The van der Waals surface area contributed by atoms with E-state index in [9.17, 15) is 0 Å². The molecule has 0 fully saturated rings. The molecule has 0 heterocycles. The molecule has 1 aromatic carbocycles. The van der Waals surface area contributed by atoms with E-state index in [1.807, 2.05) is 37.3 Å². The van der Waals surface area contributed by atoms with Crippen molar-refractivity contribution >= 4 is 0 Å². The molecule has 0 aromatic heterocycles. The average molecular weight is 206 g/mol. The lowest BCUT2D eigenvalue weighted by molar-refractivity contribution is 0.0553. The van der Waals surface area contributed by atoms with Crippen LogP contribution in [-0.2, 0) is 11.3 Å². The third-order valence-corrected chi connectivity index (χ3v) is 2.19. The molecule has 15 heavy (non-hydrogen) atoms. The highest BCUT2D eigenvalue weighted by atomic mass is 16.5. The first kappa shape index (κ1) is 11.8. The highest BCUT2D eigenvalue weighted by Gasteiger charge is 2.00. The SMILES string of the molecule is C=CCC(C)OCc1ccc(OC)cc1. The quantitative estimate of drug-likeness (QED) is 0.665. The highest BCUT2D eigenvalue weighted by molar-refractivity contribution is 5.26. The zero-order valence-corrected chi connectivity index (χ0v) is 9.40. The summed E-state index contributed by atoms with van der Waals surface area (Å²) in [6.45, 7) is 6.37. The van der Waals surface area contributed by atoms with Gasteiger partial charge in [0.05, 0.1) is 19.8 Å². The van der Waals surface area contributed by atoms with E-state index in [1.54, 1.807) is 7.11 Å². The monoisotopic (exact) mass is 206 g/mol. The molecule has 1 aromatic rings. The maximum absolute atomic E-state index is 5.63. The van der Waals surface area contributed by atoms with Crippen molar-refractivity contribution < 1.29 is 9.47 Å². The average Bonchev–Trinajstić information content (AvgIpc) is 2.27. The van der Waals surface area contributed by atoms with E-state index >= 15 is 0 Å². The van der Waals surface area contributed by atoms with Crippen molar-refractivity contribution in [2.75, 3.05) is 7.11 Å². The molecule has 0 amide bonds. The zero-order valence-electron chi connectivity index (χ0n) is 9.40. The summed E-state index contributed by atoms with van der Waals surface area (Å²) in [5.74, 6) is 0.873. The second-order valence-corrected chi connectivity index (χ2v) is 3.49. The molecule has 82 valence electrons. The van der Waals surface area contributed by atoms with Crippen molar-refractivity contribution in [3.05, 3.63) is 42.5 Å². The van der Waals surface area contributed by atoms with Gasteiger partial charge in [0.2, 0.25) is 0 Å². The maximum atomic E-state index is 5.63. The van der Waals surface area contributed by atoms with E-state index in [1.165, 1.54) is 0 Å². The van der Waals surface area contributed by atoms with Gasteiger partial charge in [0.1, 0.15) is 5.75 Å². The molecule has 1 rings (SSSR count). The molecule has 1 unspecified atom stereocenters. The molecule has 0 saturated heterocycles. The first-order valence-corrected chi connectivity index (χ1v) is 5.11. The minimum Gasteiger partial charge on any atom is -0.497 e. The van der Waals surface area contributed by atoms with Crippen LogP contribution in [0.3, 0.4) is 0 Å². The number of rotatable bonds is 6. The summed E-state index contributed by atoms with van der Waals surface area (Å²) in [6, 6.07) is 7.91. The van der Waals surface area contributed by atoms with Gasteiger partial charge >= 0.3 is 0 Å². The van der Waals surface area contributed by atoms with Gasteiger partial charge in [-0.3, -0.25) is 0 Å². The largest absolute Gasteiger partial charge is 0.497 e. The predicted octanol–water partition coefficient (Wildman–Crippen LogP) is 3.18. The summed E-state index contributed by atoms with van der Waals surface area (Å²) in [5, 5.41) is 0. The lowest BCUT2D eigenvalue weighted by Crippen LogP contribution is -2.06. The van der Waals surface area contributed by atoms with Crippen molar-refractivity contribution in [1.82, 2.24) is 0 Å². The Hall–Kier alpha value is -1.28. The minimum atomic E-state index is 0.226. The Morgan fingerprint density at radius 2 is 2.00 bits per heavy atom. The topological polar surface area (TPSA) is 18.5 Å². The van der Waals surface area contributed by atoms with Crippen LogP contribution in [0.4, 0.5) is 0 Å². The molecule has 0 aliphatic heterocycles. The maximum Gasteiger partial charge on any atom is 0.118 e. The molecule has 0 spiro atoms. The second kappa shape index (κ2) is 6.25. The van der Waals surface area contributed by atoms with Gasteiger partial charge in [-0.05, 0) is 31.0 Å². The van der Waals surface area contributed by atoms with Crippen LogP contribution >= 0.6 is 0 Å². The van der Waals surface area contributed by atoms with Gasteiger partial charge in [-0.15, -0.1) is 6.58 Å². The van der Waals surface area contributed by atoms with Gasteiger partial charge < -0.3 is 9.47 Å². The Labute approximate surface area is 91.5 Å². The smallest absolute Gasteiger partial charge is 0.118 e. The van der Waals surface area contributed by atoms with E-state index in [2.05, 4.69) is 6.58 Å². The minimum absolute atomic E-state index is 0.226. The molecule has 0 bridgehead atoms. The van der Waals surface area contributed by atoms with Crippen LogP contribution in [-0.4, -0.2) is 13.2 Å². The van der Waals surface area contributed by atoms with Crippen LogP contribution in [0.25, 0.3) is 0 Å². The molecular formula is C13H18O2. The van der Waals surface area contributed by atoms with Gasteiger partial charge in [0.25, 0.3) is 0 Å². The summed E-state index contributed by atoms with van der Waals surface area (Å²) >= 11 is 0. The van der Waals surface area contributed by atoms with E-state index < -0.39 is 0 Å². The van der Waals surface area contributed by atoms with E-state index in [4.69, 9.17) is 9.47 Å². The van der Waals surface area contributed by atoms with Crippen LogP contribution in [0.1, 0.15) is 18.9 Å². The molecule has 2 nitrogen and oxygen atoms in total. The molecule has 0 N–H and O–H groups in total. The van der Waals surface area contributed by atoms with Crippen LogP contribution in [0.5, 0.6) is 5.75 Å². The zero-order chi connectivity index (χ0) is 11.1. The van der Waals surface area contributed by atoms with E-state index in [0.29, 0.717) is 6.61 Å². The van der Waals surface area contributed by atoms with E-state index in [0.717, 1.165) is 17.7 Å². The van der Waals surface area contributed by atoms with Crippen LogP contribution in [0.15, 0.2) is 36.9 Å². The van der Waals surface area contributed by atoms with Gasteiger partial charge in [-0.1, -0.05) is 18.2 Å². The Morgan fingerprint density at radius 1 is 1.33 bits per heavy atom. The van der Waals surface area contributed by atoms with Crippen molar-refractivity contribution in [3.8, 4) is 5.75 Å². The Kier molecular flexibility index (Phi) is 4.91. The third-order valence-electron chi connectivity index (χ3n) is 2.19. The lowest BCUT2D eigenvalue weighted by Gasteiger charge is -2.10. The van der Waals surface area contributed by atoms with Crippen molar-refractivity contribution in [2.24, 2.45) is 0 Å². The summed E-state index contributed by atoms with van der Waals surface area (Å²) in [7, 11) is 1.66. The first-order chi connectivity index (χ1) is 7.26. The normalized spacial score (nSPS) is 12.1. The molecule has 0 radical (unpaired) electrons. The number of methoxy groups -OCH3 is 1. The molecule has 0 aliphatic carbocycles. The van der Waals surface area contributed by atoms with Crippen molar-refractivity contribution in [1.29, 1.82) is 0 Å². The Bertz CT molecular complexity index is 290. The molecule has 1 atom stereocenters. The van der Waals surface area contributed by atoms with E-state index in [-0.39, 0.29) is 6.10 Å². The summed E-state index contributed by atoms with van der Waals surface area (Å²) in [5.41, 5.74) is 1.16. The Balaban J connectivity index is 2.40. The van der Waals surface area contributed by atoms with Gasteiger partial charge in [0, 0.05) is 0 Å². The number of hydrogen-bond donors (Lipinski definition) is 0. The highest BCUT2D eigenvalue weighted by Crippen LogP contribution is 2.13. The van der Waals surface area contributed by atoms with Crippen molar-refractivity contribution in [3.63, 3.8) is 0 Å². The van der Waals surface area contributed by atoms with Gasteiger partial charge in [-0.2, -0.15) is 0 Å². The van der Waals surface area contributed by atoms with Crippen LogP contribution < -0.4 is 4.74 Å². The summed E-state index contributed by atoms with van der Waals surface area (Å²) in [6.07, 6.45) is 2.99. The first-order valence-electron chi connectivity index (χ1n) is 5.11. The number of benzene rings is 1. The standard InChI is InChI=1S/C13H18O2/c1-4-5-11(2)15-10-12-6-8-13(14-3)9-7-12/h4,6-9,11H,1,5,10H2,2-3H3. The van der Waals surface area contributed by atoms with Crippen LogP contribution in [0, 0.1) is 0 Å². The molecular weight excluding hydrogens is 188 g/mol. The van der Waals surface area contributed by atoms with Gasteiger partial charge in [0.15, 0.2) is 0 Å². The summed E-state index contributed by atoms with van der Waals surface area (Å²) in [4.78, 5) is 0.